The van der Waals surface area contributed by atoms with Crippen molar-refractivity contribution in [1.29, 1.82) is 0 Å². The van der Waals surface area contributed by atoms with Gasteiger partial charge in [0.15, 0.2) is 0 Å². The van der Waals surface area contributed by atoms with Gasteiger partial charge in [-0.1, -0.05) is 28.1 Å². The fourth-order valence-corrected chi connectivity index (χ4v) is 2.55. The van der Waals surface area contributed by atoms with Gasteiger partial charge < -0.3 is 0 Å². The molecule has 0 saturated heterocycles. The summed E-state index contributed by atoms with van der Waals surface area (Å²) in [6.07, 6.45) is -4.51. The molecule has 0 saturated carbocycles. The van der Waals surface area contributed by atoms with E-state index in [1.54, 1.807) is 26.8 Å². The number of alkyl halides is 3. The van der Waals surface area contributed by atoms with Crippen molar-refractivity contribution in [2.75, 3.05) is 0 Å². The van der Waals surface area contributed by atoms with E-state index in [-0.39, 0.29) is 5.56 Å². The van der Waals surface area contributed by atoms with Crippen LogP contribution in [0.4, 0.5) is 13.2 Å². The Morgan fingerprint density at radius 3 is 2.26 bits per heavy atom. The van der Waals surface area contributed by atoms with Crippen molar-refractivity contribution in [2.45, 2.75) is 37.7 Å². The highest BCUT2D eigenvalue weighted by Crippen LogP contribution is 2.34. The lowest BCUT2D eigenvalue weighted by Gasteiger charge is -2.26. The number of benzene rings is 1. The van der Waals surface area contributed by atoms with Gasteiger partial charge in [-0.05, 0) is 38.5 Å². The predicted octanol–water partition coefficient (Wildman–Crippen LogP) is 4.10. The number of rotatable bonds is 3. The largest absolute Gasteiger partial charge is 0.408 e. The molecule has 0 aliphatic carbocycles. The Morgan fingerprint density at radius 1 is 1.26 bits per heavy atom. The first-order chi connectivity index (χ1) is 8.51. The zero-order valence-corrected chi connectivity index (χ0v) is 13.1. The van der Waals surface area contributed by atoms with Crippen LogP contribution in [0, 0.1) is 0 Å². The Labute approximate surface area is 121 Å². The van der Waals surface area contributed by atoms with Crippen LogP contribution in [0.25, 0.3) is 0 Å². The third-order valence-corrected chi connectivity index (χ3v) is 4.35. The second kappa shape index (κ2) is 5.93. The van der Waals surface area contributed by atoms with Crippen LogP contribution in [0.2, 0.25) is 0 Å². The molecule has 0 aliphatic rings. The molecule has 0 unspecified atom stereocenters. The zero-order valence-electron chi connectivity index (χ0n) is 10.7. The van der Waals surface area contributed by atoms with Gasteiger partial charge in [-0.25, -0.2) is 8.93 Å². The summed E-state index contributed by atoms with van der Waals surface area (Å²) < 4.78 is 53.0. The van der Waals surface area contributed by atoms with Gasteiger partial charge >= 0.3 is 6.18 Å². The molecule has 0 aliphatic heterocycles. The van der Waals surface area contributed by atoms with Crippen LogP contribution < -0.4 is 4.72 Å². The van der Waals surface area contributed by atoms with E-state index in [1.807, 2.05) is 0 Å². The summed E-state index contributed by atoms with van der Waals surface area (Å²) in [6, 6.07) is 3.92. The maximum atomic E-state index is 13.1. The predicted molar refractivity (Wildman–Crippen MR) is 74.0 cm³/mol. The first kappa shape index (κ1) is 16.7. The average Bonchev–Trinajstić information content (AvgIpc) is 2.22. The van der Waals surface area contributed by atoms with Crippen molar-refractivity contribution in [3.8, 4) is 0 Å². The van der Waals surface area contributed by atoms with E-state index < -0.39 is 28.0 Å². The minimum Gasteiger partial charge on any atom is -0.242 e. The molecule has 2 atom stereocenters. The molecule has 0 fully saturated rings. The van der Waals surface area contributed by atoms with Gasteiger partial charge in [0.05, 0.1) is 15.7 Å². The quantitative estimate of drug-likeness (QED) is 0.866. The molecule has 2 nitrogen and oxygen atoms in total. The summed E-state index contributed by atoms with van der Waals surface area (Å²) in [7, 11) is -1.81. The molecule has 0 radical (unpaired) electrons. The molecule has 1 rings (SSSR count). The van der Waals surface area contributed by atoms with Crippen LogP contribution in [-0.4, -0.2) is 15.1 Å². The highest BCUT2D eigenvalue weighted by molar-refractivity contribution is 9.10. The van der Waals surface area contributed by atoms with Gasteiger partial charge in [0, 0.05) is 4.47 Å². The SMILES string of the molecule is CC(C)(C)[S@@](=O)N[C@@H](c1cccc(Br)c1)C(F)(F)F. The van der Waals surface area contributed by atoms with Crippen molar-refractivity contribution >= 4 is 26.9 Å². The zero-order chi connectivity index (χ0) is 14.8. The normalized spacial score (nSPS) is 16.2. The Kier molecular flexibility index (Phi) is 5.20. The first-order valence-electron chi connectivity index (χ1n) is 5.52. The molecule has 19 heavy (non-hydrogen) atoms. The molecule has 0 amide bonds. The van der Waals surface area contributed by atoms with Crippen molar-refractivity contribution in [2.24, 2.45) is 0 Å². The van der Waals surface area contributed by atoms with Crippen LogP contribution in [0.3, 0.4) is 0 Å². The van der Waals surface area contributed by atoms with Crippen LogP contribution in [0.1, 0.15) is 32.4 Å². The van der Waals surface area contributed by atoms with Crippen molar-refractivity contribution in [1.82, 2.24) is 4.72 Å². The van der Waals surface area contributed by atoms with Gasteiger partial charge in [0.1, 0.15) is 6.04 Å². The minimum atomic E-state index is -4.51. The smallest absolute Gasteiger partial charge is 0.242 e. The Bertz CT molecular complexity index is 471. The number of hydrogen-bond donors (Lipinski definition) is 1. The monoisotopic (exact) mass is 357 g/mol. The Morgan fingerprint density at radius 2 is 1.84 bits per heavy atom. The van der Waals surface area contributed by atoms with Crippen molar-refractivity contribution < 1.29 is 17.4 Å². The lowest BCUT2D eigenvalue weighted by molar-refractivity contribution is -0.152. The highest BCUT2D eigenvalue weighted by Gasteiger charge is 2.43. The van der Waals surface area contributed by atoms with Crippen LogP contribution >= 0.6 is 15.9 Å². The molecular weight excluding hydrogens is 343 g/mol. The average molecular weight is 358 g/mol. The van der Waals surface area contributed by atoms with E-state index in [0.717, 1.165) is 0 Å². The molecule has 0 spiro atoms. The third kappa shape index (κ3) is 4.89. The van der Waals surface area contributed by atoms with E-state index in [0.29, 0.717) is 4.47 Å². The van der Waals surface area contributed by atoms with E-state index >= 15 is 0 Å². The lowest BCUT2D eigenvalue weighted by atomic mass is 10.1. The van der Waals surface area contributed by atoms with Crippen molar-refractivity contribution in [3.63, 3.8) is 0 Å². The molecule has 0 aromatic heterocycles. The van der Waals surface area contributed by atoms with Gasteiger partial charge in [0.25, 0.3) is 0 Å². The summed E-state index contributed by atoms with van der Waals surface area (Å²) in [5.74, 6) is 0. The van der Waals surface area contributed by atoms with Crippen molar-refractivity contribution in [3.05, 3.63) is 34.3 Å². The molecule has 0 bridgehead atoms. The summed E-state index contributed by atoms with van der Waals surface area (Å²) >= 11 is 3.13. The molecule has 7 heteroatoms. The molecule has 1 aromatic rings. The first-order valence-corrected chi connectivity index (χ1v) is 7.46. The molecule has 108 valence electrons. The Hall–Kier alpha value is -0.400. The molecule has 0 heterocycles. The standard InChI is InChI=1S/C12H15BrF3NOS/c1-11(2,3)19(18)17-10(12(14,15)16)8-5-4-6-9(13)7-8/h4-7,10,17H,1-3H3/t10-,19+/m0/s1. The van der Waals surface area contributed by atoms with Gasteiger partial charge in [-0.2, -0.15) is 13.2 Å². The summed E-state index contributed by atoms with van der Waals surface area (Å²) in [5, 5.41) is 0. The van der Waals surface area contributed by atoms with E-state index in [2.05, 4.69) is 20.7 Å². The summed E-state index contributed by atoms with van der Waals surface area (Å²) in [6.45, 7) is 4.85. The van der Waals surface area contributed by atoms with Crippen LogP contribution in [0.15, 0.2) is 28.7 Å². The summed E-state index contributed by atoms with van der Waals surface area (Å²) in [4.78, 5) is 0. The van der Waals surface area contributed by atoms with Crippen LogP contribution in [0.5, 0.6) is 0 Å². The molecule has 1 aromatic carbocycles. The fraction of sp³-hybridized carbons (Fsp3) is 0.500. The number of halogens is 4. The molecule has 1 N–H and O–H groups in total. The topological polar surface area (TPSA) is 29.1 Å². The highest BCUT2D eigenvalue weighted by atomic mass is 79.9. The Balaban J connectivity index is 3.08. The van der Waals surface area contributed by atoms with Gasteiger partial charge in [-0.15, -0.1) is 0 Å². The fourth-order valence-electron chi connectivity index (χ4n) is 1.29. The van der Waals surface area contributed by atoms with E-state index in [4.69, 9.17) is 0 Å². The third-order valence-electron chi connectivity index (χ3n) is 2.29. The second-order valence-corrected chi connectivity index (χ2v) is 7.94. The minimum absolute atomic E-state index is 0.0273. The van der Waals surface area contributed by atoms with Gasteiger partial charge in [-0.3, -0.25) is 0 Å². The lowest BCUT2D eigenvalue weighted by Crippen LogP contribution is -2.41. The van der Waals surface area contributed by atoms with Gasteiger partial charge in [0.2, 0.25) is 0 Å². The van der Waals surface area contributed by atoms with E-state index in [9.17, 15) is 17.4 Å². The van der Waals surface area contributed by atoms with Crippen LogP contribution in [-0.2, 0) is 11.0 Å². The second-order valence-electron chi connectivity index (χ2n) is 5.03. The number of hydrogen-bond acceptors (Lipinski definition) is 1. The molecular formula is C12H15BrF3NOS. The maximum Gasteiger partial charge on any atom is 0.408 e. The maximum absolute atomic E-state index is 13.1. The van der Waals surface area contributed by atoms with E-state index in [1.165, 1.54) is 18.2 Å². The number of nitrogens with one attached hydrogen (secondary N) is 1. The summed E-state index contributed by atoms with van der Waals surface area (Å²) in [5.41, 5.74) is 0.0273.